The summed E-state index contributed by atoms with van der Waals surface area (Å²) in [5, 5.41) is 4.80. The molecule has 2 unspecified atom stereocenters. The Morgan fingerprint density at radius 1 is 1.37 bits per heavy atom. The van der Waals surface area contributed by atoms with Crippen molar-refractivity contribution in [3.8, 4) is 0 Å². The Morgan fingerprint density at radius 3 is 2.47 bits per heavy atom. The zero-order valence-corrected chi connectivity index (χ0v) is 15.5. The summed E-state index contributed by atoms with van der Waals surface area (Å²) in [5.74, 6) is 0.182. The Balaban J connectivity index is 1.87. The number of nitrogens with zero attached hydrogens (tertiary/aromatic N) is 2. The normalized spacial score (nSPS) is 30.2. The Kier molecular flexibility index (Phi) is 5.35. The number of hydrogen-bond acceptors (Lipinski definition) is 4. The molecule has 2 saturated heterocycles. The van der Waals surface area contributed by atoms with Crippen molar-refractivity contribution in [2.45, 2.75) is 28.2 Å². The van der Waals surface area contributed by atoms with Gasteiger partial charge in [0.05, 0.1) is 13.7 Å². The predicted molar refractivity (Wildman–Crippen MR) is 89.9 cm³/mol. The molecule has 2 fully saturated rings. The number of primary sulfonamides is 1. The van der Waals surface area contributed by atoms with Gasteiger partial charge >= 0.3 is 0 Å². The first-order valence-electron chi connectivity index (χ1n) is 6.08. The maximum absolute atomic E-state index is 11.5. The molecule has 110 valence electrons. The Labute approximate surface area is 140 Å². The molecule has 2 atom stereocenters. The molecule has 2 heterocycles. The monoisotopic (exact) mass is 513 g/mol. The van der Waals surface area contributed by atoms with Crippen LogP contribution in [0.25, 0.3) is 0 Å². The number of carbonyl (C=O) groups excluding carboxylic acids is 1. The predicted octanol–water partition coefficient (Wildman–Crippen LogP) is 0.146. The van der Waals surface area contributed by atoms with E-state index in [4.69, 9.17) is 5.14 Å². The summed E-state index contributed by atoms with van der Waals surface area (Å²) in [4.78, 5) is 15.6. The number of amides is 1. The second-order valence-corrected chi connectivity index (χ2v) is 9.04. The lowest BCUT2D eigenvalue weighted by Crippen LogP contribution is -2.64. The molecular formula is C10H17I2N3O3S. The maximum Gasteiger partial charge on any atom is 0.232 e. The smallest absolute Gasteiger partial charge is 0.232 e. The molecule has 0 saturated carbocycles. The number of nitrogens with two attached hydrogens (primary N) is 1. The molecule has 0 radical (unpaired) electrons. The molecule has 2 aliphatic heterocycles. The zero-order chi connectivity index (χ0) is 14.2. The van der Waals surface area contributed by atoms with Gasteiger partial charge in [-0.15, -0.1) is 0 Å². The summed E-state index contributed by atoms with van der Waals surface area (Å²) in [6, 6.07) is 0.371. The van der Waals surface area contributed by atoms with E-state index < -0.39 is 15.3 Å². The number of likely N-dealkylation sites (tertiary alicyclic amines) is 2. The highest BCUT2D eigenvalue weighted by atomic mass is 127. The van der Waals surface area contributed by atoms with Crippen LogP contribution in [-0.2, 0) is 14.8 Å². The molecule has 19 heavy (non-hydrogen) atoms. The van der Waals surface area contributed by atoms with E-state index in [0.29, 0.717) is 23.3 Å². The van der Waals surface area contributed by atoms with E-state index in [-0.39, 0.29) is 9.96 Å². The number of carbonyl (C=O) groups is 1. The van der Waals surface area contributed by atoms with Crippen molar-refractivity contribution >= 4 is 61.1 Å². The van der Waals surface area contributed by atoms with Gasteiger partial charge in [-0.1, -0.05) is 45.2 Å². The van der Waals surface area contributed by atoms with E-state index in [1.54, 1.807) is 0 Å². The van der Waals surface area contributed by atoms with Crippen LogP contribution in [0.3, 0.4) is 0 Å². The first-order chi connectivity index (χ1) is 8.82. The summed E-state index contributed by atoms with van der Waals surface area (Å²) in [6.45, 7) is 2.27. The van der Waals surface area contributed by atoms with Gasteiger partial charge in [0.2, 0.25) is 15.9 Å². The highest BCUT2D eigenvalue weighted by Crippen LogP contribution is 2.30. The lowest BCUT2D eigenvalue weighted by molar-refractivity contribution is -0.135. The van der Waals surface area contributed by atoms with Crippen LogP contribution in [0.5, 0.6) is 0 Å². The van der Waals surface area contributed by atoms with Crippen LogP contribution in [-0.4, -0.2) is 63.5 Å². The molecule has 0 aromatic carbocycles. The summed E-state index contributed by atoms with van der Waals surface area (Å²) in [5.41, 5.74) is 0. The van der Waals surface area contributed by atoms with Crippen molar-refractivity contribution in [3.05, 3.63) is 0 Å². The van der Waals surface area contributed by atoms with Crippen molar-refractivity contribution in [1.82, 2.24) is 9.80 Å². The number of sulfonamides is 1. The summed E-state index contributed by atoms with van der Waals surface area (Å²) in [6.07, 6.45) is 1.17. The van der Waals surface area contributed by atoms with Gasteiger partial charge in [0, 0.05) is 25.7 Å². The topological polar surface area (TPSA) is 83.7 Å². The molecule has 0 aliphatic carbocycles. The molecule has 2 rings (SSSR count). The van der Waals surface area contributed by atoms with Gasteiger partial charge in [-0.2, -0.15) is 0 Å². The molecule has 9 heteroatoms. The van der Waals surface area contributed by atoms with Crippen LogP contribution in [0.2, 0.25) is 0 Å². The molecule has 1 amide bonds. The highest BCUT2D eigenvalue weighted by Gasteiger charge is 2.41. The van der Waals surface area contributed by atoms with Crippen LogP contribution in [0, 0.1) is 0 Å². The SMILES string of the molecule is NS(=O)(=O)C1CCN(C2CN(C(=O)CI)C2)C(I)C1. The zero-order valence-electron chi connectivity index (χ0n) is 10.3. The minimum Gasteiger partial charge on any atom is -0.339 e. The van der Waals surface area contributed by atoms with Crippen LogP contribution >= 0.6 is 45.2 Å². The highest BCUT2D eigenvalue weighted by molar-refractivity contribution is 14.1. The molecule has 0 bridgehead atoms. The van der Waals surface area contributed by atoms with Crippen molar-refractivity contribution in [2.75, 3.05) is 24.1 Å². The third-order valence-corrected chi connectivity index (χ3v) is 7.02. The summed E-state index contributed by atoms with van der Waals surface area (Å²) >= 11 is 4.36. The fourth-order valence-electron chi connectivity index (χ4n) is 2.57. The van der Waals surface area contributed by atoms with Crippen molar-refractivity contribution in [3.63, 3.8) is 0 Å². The number of hydrogen-bond donors (Lipinski definition) is 1. The van der Waals surface area contributed by atoms with Gasteiger partial charge in [-0.05, 0) is 12.8 Å². The number of piperidine rings is 1. The second-order valence-electron chi connectivity index (χ2n) is 4.99. The van der Waals surface area contributed by atoms with Gasteiger partial charge in [0.1, 0.15) is 0 Å². The molecule has 6 nitrogen and oxygen atoms in total. The van der Waals surface area contributed by atoms with Crippen LogP contribution < -0.4 is 5.14 Å². The van der Waals surface area contributed by atoms with E-state index in [9.17, 15) is 13.2 Å². The van der Waals surface area contributed by atoms with E-state index in [2.05, 4.69) is 50.1 Å². The van der Waals surface area contributed by atoms with Gasteiger partial charge in [-0.3, -0.25) is 9.69 Å². The Morgan fingerprint density at radius 2 is 2.00 bits per heavy atom. The minimum absolute atomic E-state index is 0.177. The number of halogens is 2. The molecule has 2 aliphatic rings. The first-order valence-corrected chi connectivity index (χ1v) is 10.5. The standard InChI is InChI=1S/C10H17I2N3O3S/c11-4-10(16)14-5-7(6-14)15-2-1-8(3-9(15)12)19(13,17)18/h7-9H,1-6H2,(H2,13,17,18). The third-order valence-electron chi connectivity index (χ3n) is 3.79. The maximum atomic E-state index is 11.5. The lowest BCUT2D eigenvalue weighted by atomic mass is 10.0. The van der Waals surface area contributed by atoms with E-state index in [0.717, 1.165) is 19.6 Å². The molecule has 2 N–H and O–H groups in total. The van der Waals surface area contributed by atoms with Crippen LogP contribution in [0.1, 0.15) is 12.8 Å². The summed E-state index contributed by atoms with van der Waals surface area (Å²) < 4.78 is 23.4. The van der Waals surface area contributed by atoms with Gasteiger partial charge in [-0.25, -0.2) is 13.6 Å². The molecular weight excluding hydrogens is 496 g/mol. The largest absolute Gasteiger partial charge is 0.339 e. The molecule has 0 spiro atoms. The average molecular weight is 513 g/mol. The number of rotatable bonds is 3. The summed E-state index contributed by atoms with van der Waals surface area (Å²) in [7, 11) is -3.42. The fourth-order valence-corrected chi connectivity index (χ4v) is 5.63. The van der Waals surface area contributed by atoms with E-state index in [1.165, 1.54) is 0 Å². The molecule has 0 aromatic heterocycles. The number of alkyl halides is 2. The van der Waals surface area contributed by atoms with Crippen molar-refractivity contribution in [1.29, 1.82) is 0 Å². The van der Waals surface area contributed by atoms with E-state index in [1.807, 2.05) is 4.90 Å². The lowest BCUT2D eigenvalue weighted by Gasteiger charge is -2.49. The Hall–Kier alpha value is 0.800. The van der Waals surface area contributed by atoms with Gasteiger partial charge in [0.15, 0.2) is 0 Å². The van der Waals surface area contributed by atoms with Crippen molar-refractivity contribution in [2.24, 2.45) is 5.14 Å². The second kappa shape index (κ2) is 6.28. The van der Waals surface area contributed by atoms with Crippen LogP contribution in [0.4, 0.5) is 0 Å². The van der Waals surface area contributed by atoms with Crippen molar-refractivity contribution < 1.29 is 13.2 Å². The third kappa shape index (κ3) is 3.71. The minimum atomic E-state index is -3.42. The fraction of sp³-hybridized carbons (Fsp3) is 0.900. The average Bonchev–Trinajstić information content (AvgIpc) is 2.27. The van der Waals surface area contributed by atoms with Gasteiger partial charge in [0.25, 0.3) is 0 Å². The molecule has 0 aromatic rings. The van der Waals surface area contributed by atoms with Gasteiger partial charge < -0.3 is 4.90 Å². The van der Waals surface area contributed by atoms with E-state index >= 15 is 0 Å². The van der Waals surface area contributed by atoms with Crippen LogP contribution in [0.15, 0.2) is 0 Å². The first kappa shape index (κ1) is 16.2. The quantitative estimate of drug-likeness (QED) is 0.331. The Bertz CT molecular complexity index is 453.